The summed E-state index contributed by atoms with van der Waals surface area (Å²) in [5, 5.41) is 18.6. The summed E-state index contributed by atoms with van der Waals surface area (Å²) >= 11 is 0. The summed E-state index contributed by atoms with van der Waals surface area (Å²) in [7, 11) is 0. The SMILES string of the molecule is NCCCCC(NC(=O)C(N)CCCN=C(N)N)C(=O)NC(Cc1c[nH]c2ccccc12)C(=O)NC(CCCN=C(N)N)C(=O)O. The van der Waals surface area contributed by atoms with E-state index < -0.39 is 47.9 Å². The van der Waals surface area contributed by atoms with Gasteiger partial charge in [-0.15, -0.1) is 0 Å². The number of benzene rings is 1. The van der Waals surface area contributed by atoms with Crippen molar-refractivity contribution in [3.8, 4) is 0 Å². The number of nitrogens with one attached hydrogen (secondary N) is 4. The van der Waals surface area contributed by atoms with Crippen LogP contribution in [0.2, 0.25) is 0 Å². The van der Waals surface area contributed by atoms with Gasteiger partial charge < -0.3 is 60.4 Å². The lowest BCUT2D eigenvalue weighted by atomic mass is 10.0. The van der Waals surface area contributed by atoms with E-state index in [9.17, 15) is 24.3 Å². The monoisotopic (exact) mass is 644 g/mol. The molecule has 4 atom stereocenters. The van der Waals surface area contributed by atoms with E-state index in [0.29, 0.717) is 32.4 Å². The summed E-state index contributed by atoms with van der Waals surface area (Å²) in [5.41, 5.74) is 34.6. The predicted octanol–water partition coefficient (Wildman–Crippen LogP) is -2.19. The number of H-pyrrole nitrogens is 1. The molecular weight excluding hydrogens is 596 g/mol. The van der Waals surface area contributed by atoms with Crippen LogP contribution in [0.4, 0.5) is 0 Å². The number of carboxylic acids is 1. The number of aliphatic imine (C=N–C) groups is 2. The van der Waals surface area contributed by atoms with Crippen molar-refractivity contribution in [2.75, 3.05) is 19.6 Å². The minimum absolute atomic E-state index is 0.0374. The molecule has 0 saturated heterocycles. The molecule has 0 fully saturated rings. The molecule has 17 N–H and O–H groups in total. The van der Waals surface area contributed by atoms with Crippen molar-refractivity contribution in [3.63, 3.8) is 0 Å². The summed E-state index contributed by atoms with van der Waals surface area (Å²) in [4.78, 5) is 63.0. The first-order valence-electron chi connectivity index (χ1n) is 15.2. The van der Waals surface area contributed by atoms with Gasteiger partial charge in [0.1, 0.15) is 18.1 Å². The number of guanidine groups is 2. The minimum atomic E-state index is -1.26. The number of rotatable bonds is 21. The topological polar surface area (TPSA) is 321 Å². The van der Waals surface area contributed by atoms with Crippen LogP contribution in [0.25, 0.3) is 10.9 Å². The smallest absolute Gasteiger partial charge is 0.326 e. The maximum atomic E-state index is 13.6. The van der Waals surface area contributed by atoms with Crippen molar-refractivity contribution >= 4 is 46.5 Å². The standard InChI is InChI=1S/C29H48N12O5/c30-12-4-3-10-21(39-24(42)19(31)8-5-13-36-28(32)33)25(43)41-23(15-17-16-38-20-9-2-1-7-18(17)20)26(44)40-22(27(45)46)11-6-14-37-29(34)35/h1-2,7,9,16,19,21-23,38H,3-6,8,10-15,30-31H2,(H,39,42)(H,40,44)(H,41,43)(H,45,46)(H4,32,33,36)(H4,34,35,37). The number of aromatic amines is 1. The molecule has 0 aliphatic carbocycles. The van der Waals surface area contributed by atoms with E-state index in [-0.39, 0.29) is 50.6 Å². The number of hydrogen-bond donors (Lipinski definition) is 11. The van der Waals surface area contributed by atoms with Gasteiger partial charge in [-0.1, -0.05) is 18.2 Å². The van der Waals surface area contributed by atoms with Crippen molar-refractivity contribution in [1.82, 2.24) is 20.9 Å². The lowest BCUT2D eigenvalue weighted by Crippen LogP contribution is -2.57. The van der Waals surface area contributed by atoms with Gasteiger partial charge in [-0.3, -0.25) is 24.4 Å². The summed E-state index contributed by atoms with van der Waals surface area (Å²) in [6.07, 6.45) is 4.16. The molecular formula is C29H48N12O5. The van der Waals surface area contributed by atoms with Gasteiger partial charge in [-0.2, -0.15) is 0 Å². The van der Waals surface area contributed by atoms with Crippen LogP contribution in [-0.2, 0) is 25.6 Å². The molecule has 0 saturated carbocycles. The molecule has 1 heterocycles. The van der Waals surface area contributed by atoms with Crippen LogP contribution >= 0.6 is 0 Å². The number of para-hydroxylation sites is 1. The van der Waals surface area contributed by atoms with E-state index in [4.69, 9.17) is 34.4 Å². The van der Waals surface area contributed by atoms with E-state index in [1.54, 1.807) is 6.20 Å². The van der Waals surface area contributed by atoms with E-state index >= 15 is 0 Å². The molecule has 46 heavy (non-hydrogen) atoms. The average Bonchev–Trinajstić information content (AvgIpc) is 3.41. The number of carbonyl (C=O) groups is 4. The predicted molar refractivity (Wildman–Crippen MR) is 176 cm³/mol. The second kappa shape index (κ2) is 19.5. The molecule has 1 aromatic carbocycles. The number of amides is 3. The van der Waals surface area contributed by atoms with Crippen molar-refractivity contribution in [1.29, 1.82) is 0 Å². The highest BCUT2D eigenvalue weighted by Gasteiger charge is 2.31. The molecule has 0 spiro atoms. The highest BCUT2D eigenvalue weighted by Crippen LogP contribution is 2.19. The van der Waals surface area contributed by atoms with Crippen molar-refractivity contribution in [2.24, 2.45) is 44.4 Å². The Kier molecular flexibility index (Phi) is 15.8. The summed E-state index contributed by atoms with van der Waals surface area (Å²) < 4.78 is 0. The first-order valence-corrected chi connectivity index (χ1v) is 15.2. The van der Waals surface area contributed by atoms with Gasteiger partial charge in [-0.05, 0) is 63.1 Å². The number of hydrogen-bond acceptors (Lipinski definition) is 8. The molecule has 17 nitrogen and oxygen atoms in total. The second-order valence-electron chi connectivity index (χ2n) is 10.9. The van der Waals surface area contributed by atoms with Crippen molar-refractivity contribution < 1.29 is 24.3 Å². The number of fused-ring (bicyclic) bond motifs is 1. The minimum Gasteiger partial charge on any atom is -0.480 e. The first-order chi connectivity index (χ1) is 21.9. The lowest BCUT2D eigenvalue weighted by Gasteiger charge is -2.25. The van der Waals surface area contributed by atoms with Gasteiger partial charge in [0, 0.05) is 36.6 Å². The zero-order chi connectivity index (χ0) is 34.1. The van der Waals surface area contributed by atoms with Gasteiger partial charge >= 0.3 is 5.97 Å². The molecule has 2 rings (SSSR count). The quantitative estimate of drug-likeness (QED) is 0.0394. The van der Waals surface area contributed by atoms with E-state index in [1.165, 1.54) is 0 Å². The van der Waals surface area contributed by atoms with Crippen molar-refractivity contribution in [3.05, 3.63) is 36.0 Å². The molecule has 0 aliphatic heterocycles. The Labute approximate surface area is 267 Å². The number of unbranched alkanes of at least 4 members (excludes halogenated alkanes) is 1. The lowest BCUT2D eigenvalue weighted by molar-refractivity contribution is -0.142. The summed E-state index contributed by atoms with van der Waals surface area (Å²) in [5.74, 6) is -3.34. The maximum absolute atomic E-state index is 13.6. The third kappa shape index (κ3) is 13.0. The van der Waals surface area contributed by atoms with Gasteiger partial charge in [0.05, 0.1) is 6.04 Å². The Hall–Kier alpha value is -4.90. The number of aromatic nitrogens is 1. The Bertz CT molecular complexity index is 1350. The third-order valence-electron chi connectivity index (χ3n) is 7.18. The van der Waals surface area contributed by atoms with Crippen LogP contribution in [0, 0.1) is 0 Å². The average molecular weight is 645 g/mol. The molecule has 0 aliphatic rings. The van der Waals surface area contributed by atoms with E-state index in [2.05, 4.69) is 30.9 Å². The number of nitrogens with zero attached hydrogens (tertiary/aromatic N) is 2. The third-order valence-corrected chi connectivity index (χ3v) is 7.18. The number of nitrogens with two attached hydrogens (primary N) is 6. The molecule has 3 amide bonds. The largest absolute Gasteiger partial charge is 0.480 e. The zero-order valence-electron chi connectivity index (χ0n) is 25.9. The zero-order valence-corrected chi connectivity index (χ0v) is 25.9. The van der Waals surface area contributed by atoms with Crippen LogP contribution in [0.5, 0.6) is 0 Å². The maximum Gasteiger partial charge on any atom is 0.326 e. The van der Waals surface area contributed by atoms with Crippen LogP contribution in [0.1, 0.15) is 50.5 Å². The Balaban J connectivity index is 2.25. The Morgan fingerprint density at radius 1 is 0.761 bits per heavy atom. The highest BCUT2D eigenvalue weighted by molar-refractivity contribution is 5.95. The van der Waals surface area contributed by atoms with E-state index in [0.717, 1.165) is 16.5 Å². The van der Waals surface area contributed by atoms with Crippen LogP contribution in [0.3, 0.4) is 0 Å². The fraction of sp³-hybridized carbons (Fsp3) is 0.517. The van der Waals surface area contributed by atoms with Crippen LogP contribution < -0.4 is 50.4 Å². The molecule has 4 unspecified atom stereocenters. The van der Waals surface area contributed by atoms with Gasteiger partial charge in [0.15, 0.2) is 11.9 Å². The van der Waals surface area contributed by atoms with Crippen molar-refractivity contribution in [2.45, 2.75) is 75.5 Å². The second-order valence-corrected chi connectivity index (χ2v) is 10.9. The Morgan fingerprint density at radius 3 is 1.96 bits per heavy atom. The van der Waals surface area contributed by atoms with Crippen LogP contribution in [0.15, 0.2) is 40.4 Å². The summed E-state index contributed by atoms with van der Waals surface area (Å²) in [6, 6.07) is 3.02. The van der Waals surface area contributed by atoms with Crippen LogP contribution in [-0.4, -0.2) is 89.5 Å². The van der Waals surface area contributed by atoms with Gasteiger partial charge in [0.25, 0.3) is 0 Å². The normalized spacial score (nSPS) is 13.5. The fourth-order valence-electron chi connectivity index (χ4n) is 4.73. The molecule has 0 radical (unpaired) electrons. The number of carboxylic acid groups (broad SMARTS) is 1. The van der Waals surface area contributed by atoms with E-state index in [1.807, 2.05) is 24.3 Å². The summed E-state index contributed by atoms with van der Waals surface area (Å²) in [6.45, 7) is 0.857. The number of carbonyl (C=O) groups excluding carboxylic acids is 3. The fourth-order valence-corrected chi connectivity index (χ4v) is 4.73. The molecule has 2 aromatic rings. The molecule has 1 aromatic heterocycles. The molecule has 254 valence electrons. The first kappa shape index (κ1) is 37.3. The molecule has 17 heteroatoms. The van der Waals surface area contributed by atoms with Gasteiger partial charge in [0.2, 0.25) is 17.7 Å². The Morgan fingerprint density at radius 2 is 1.33 bits per heavy atom. The van der Waals surface area contributed by atoms with Gasteiger partial charge in [-0.25, -0.2) is 4.79 Å². The molecule has 0 bridgehead atoms. The highest BCUT2D eigenvalue weighted by atomic mass is 16.4. The number of aliphatic carboxylic acids is 1.